The van der Waals surface area contributed by atoms with Crippen LogP contribution in [0.25, 0.3) is 0 Å². The van der Waals surface area contributed by atoms with Crippen molar-refractivity contribution in [3.05, 3.63) is 23.2 Å². The van der Waals surface area contributed by atoms with E-state index in [1.54, 1.807) is 6.92 Å². The van der Waals surface area contributed by atoms with Crippen LogP contribution in [0, 0.1) is 11.8 Å². The Labute approximate surface area is 94.3 Å². The molecule has 1 rings (SSSR count). The van der Waals surface area contributed by atoms with Crippen molar-refractivity contribution in [1.82, 2.24) is 0 Å². The van der Waals surface area contributed by atoms with E-state index < -0.39 is 23.1 Å². The van der Waals surface area contributed by atoms with Crippen LogP contribution in [-0.4, -0.2) is 21.8 Å². The number of rotatable bonds is 3. The molecule has 1 unspecified atom stereocenters. The van der Waals surface area contributed by atoms with Crippen LogP contribution in [0.4, 0.5) is 0 Å². The van der Waals surface area contributed by atoms with Crippen LogP contribution in [0.2, 0.25) is 0 Å². The molecule has 1 aliphatic carbocycles. The van der Waals surface area contributed by atoms with Crippen molar-refractivity contribution in [3.8, 4) is 0 Å². The zero-order valence-corrected chi connectivity index (χ0v) is 9.65. The van der Waals surface area contributed by atoms with Gasteiger partial charge < -0.3 is 10.2 Å². The zero-order chi connectivity index (χ0) is 12.5. The highest BCUT2D eigenvalue weighted by molar-refractivity contribution is 6.20. The Balaban J connectivity index is 3.05. The molecule has 0 bridgehead atoms. The second kappa shape index (κ2) is 4.51. The van der Waals surface area contributed by atoms with Crippen molar-refractivity contribution in [2.45, 2.75) is 27.2 Å². The van der Waals surface area contributed by atoms with Gasteiger partial charge in [0.05, 0.1) is 5.57 Å². The Morgan fingerprint density at radius 2 is 1.75 bits per heavy atom. The molecule has 0 spiro atoms. The smallest absolute Gasteiger partial charge is 0.227 e. The van der Waals surface area contributed by atoms with Crippen molar-refractivity contribution < 1.29 is 19.8 Å². The second-order valence-corrected chi connectivity index (χ2v) is 4.52. The number of ketones is 2. The van der Waals surface area contributed by atoms with Crippen LogP contribution >= 0.6 is 0 Å². The summed E-state index contributed by atoms with van der Waals surface area (Å²) in [4.78, 5) is 22.9. The van der Waals surface area contributed by atoms with Crippen LogP contribution in [0.5, 0.6) is 0 Å². The number of Topliss-reactive ketones (excluding diaryl/α,β-unsaturated/α-hetero) is 1. The van der Waals surface area contributed by atoms with Gasteiger partial charge in [-0.05, 0) is 18.3 Å². The summed E-state index contributed by atoms with van der Waals surface area (Å²) >= 11 is 0. The Hall–Kier alpha value is -1.58. The Kier molecular flexibility index (Phi) is 3.52. The number of allylic oxidation sites excluding steroid dienone is 2. The lowest BCUT2D eigenvalue weighted by Gasteiger charge is -2.19. The summed E-state index contributed by atoms with van der Waals surface area (Å²) in [6.45, 7) is 5.73. The lowest BCUT2D eigenvalue weighted by Crippen LogP contribution is -2.24. The molecular formula is C12H16O4. The zero-order valence-electron chi connectivity index (χ0n) is 9.65. The first-order valence-corrected chi connectivity index (χ1v) is 5.27. The van der Waals surface area contributed by atoms with Gasteiger partial charge in [0.1, 0.15) is 0 Å². The minimum Gasteiger partial charge on any atom is -0.504 e. The van der Waals surface area contributed by atoms with E-state index >= 15 is 0 Å². The average Bonchev–Trinajstić information content (AvgIpc) is 2.14. The standard InChI is InChI=1S/C12H16O4/c1-6(2)4-7(3)10-11(15)8(13)5-9(14)12(10)16/h5-7,13,16H,4H2,1-3H3. The fourth-order valence-corrected chi connectivity index (χ4v) is 1.92. The molecule has 4 heteroatoms. The number of hydrogen-bond donors (Lipinski definition) is 2. The lowest BCUT2D eigenvalue weighted by atomic mass is 9.85. The third-order valence-corrected chi connectivity index (χ3v) is 2.55. The van der Waals surface area contributed by atoms with Crippen molar-refractivity contribution in [2.75, 3.05) is 0 Å². The third-order valence-electron chi connectivity index (χ3n) is 2.55. The molecule has 0 aromatic carbocycles. The highest BCUT2D eigenvalue weighted by atomic mass is 16.3. The first kappa shape index (κ1) is 12.5. The fraction of sp³-hybridized carbons (Fsp3) is 0.500. The van der Waals surface area contributed by atoms with E-state index in [0.29, 0.717) is 12.3 Å². The summed E-state index contributed by atoms with van der Waals surface area (Å²) in [5, 5.41) is 18.8. The van der Waals surface area contributed by atoms with Gasteiger partial charge in [0.25, 0.3) is 0 Å². The van der Waals surface area contributed by atoms with Gasteiger partial charge in [-0.2, -0.15) is 0 Å². The number of aliphatic hydroxyl groups is 2. The van der Waals surface area contributed by atoms with Gasteiger partial charge in [-0.1, -0.05) is 20.8 Å². The van der Waals surface area contributed by atoms with Gasteiger partial charge >= 0.3 is 0 Å². The Morgan fingerprint density at radius 3 is 2.25 bits per heavy atom. The molecule has 0 heterocycles. The van der Waals surface area contributed by atoms with Gasteiger partial charge in [0, 0.05) is 6.08 Å². The van der Waals surface area contributed by atoms with E-state index in [9.17, 15) is 19.8 Å². The SMILES string of the molecule is CC(C)CC(C)C1=C(O)C(=O)C=C(O)C1=O. The van der Waals surface area contributed by atoms with Crippen LogP contribution in [0.15, 0.2) is 23.2 Å². The van der Waals surface area contributed by atoms with E-state index in [2.05, 4.69) is 0 Å². The van der Waals surface area contributed by atoms with Crippen molar-refractivity contribution in [1.29, 1.82) is 0 Å². The molecule has 88 valence electrons. The van der Waals surface area contributed by atoms with E-state index in [-0.39, 0.29) is 11.5 Å². The van der Waals surface area contributed by atoms with E-state index in [1.165, 1.54) is 0 Å². The maximum atomic E-state index is 11.6. The maximum Gasteiger partial charge on any atom is 0.227 e. The molecule has 0 saturated heterocycles. The van der Waals surface area contributed by atoms with Crippen molar-refractivity contribution in [2.24, 2.45) is 11.8 Å². The maximum absolute atomic E-state index is 11.6. The van der Waals surface area contributed by atoms with Gasteiger partial charge in [0.2, 0.25) is 11.6 Å². The molecule has 2 N–H and O–H groups in total. The summed E-state index contributed by atoms with van der Waals surface area (Å²) in [7, 11) is 0. The summed E-state index contributed by atoms with van der Waals surface area (Å²) in [6, 6.07) is 0. The molecule has 0 fully saturated rings. The largest absolute Gasteiger partial charge is 0.504 e. The minimum atomic E-state index is -0.706. The van der Waals surface area contributed by atoms with Crippen LogP contribution in [-0.2, 0) is 9.59 Å². The fourth-order valence-electron chi connectivity index (χ4n) is 1.92. The number of hydrogen-bond acceptors (Lipinski definition) is 4. The molecule has 0 radical (unpaired) electrons. The third kappa shape index (κ3) is 2.32. The molecule has 16 heavy (non-hydrogen) atoms. The van der Waals surface area contributed by atoms with E-state index in [0.717, 1.165) is 6.08 Å². The first-order valence-electron chi connectivity index (χ1n) is 5.27. The highest BCUT2D eigenvalue weighted by Gasteiger charge is 2.31. The number of aliphatic hydroxyl groups excluding tert-OH is 2. The average molecular weight is 224 g/mol. The number of carbonyl (C=O) groups excluding carboxylic acids is 2. The summed E-state index contributed by atoms with van der Waals surface area (Å²) in [5.41, 5.74) is 0.0266. The summed E-state index contributed by atoms with van der Waals surface area (Å²) in [5.74, 6) is -2.38. The molecule has 4 nitrogen and oxygen atoms in total. The van der Waals surface area contributed by atoms with Gasteiger partial charge in [0.15, 0.2) is 11.5 Å². The first-order chi connectivity index (χ1) is 7.34. The molecule has 1 atom stereocenters. The molecule has 0 aromatic rings. The van der Waals surface area contributed by atoms with Gasteiger partial charge in [-0.15, -0.1) is 0 Å². The van der Waals surface area contributed by atoms with E-state index in [4.69, 9.17) is 0 Å². The topological polar surface area (TPSA) is 74.6 Å². The second-order valence-electron chi connectivity index (χ2n) is 4.52. The quantitative estimate of drug-likeness (QED) is 0.720. The predicted molar refractivity (Wildman–Crippen MR) is 59.0 cm³/mol. The van der Waals surface area contributed by atoms with Crippen LogP contribution in [0.3, 0.4) is 0 Å². The van der Waals surface area contributed by atoms with E-state index in [1.807, 2.05) is 13.8 Å². The van der Waals surface area contributed by atoms with Crippen LogP contribution in [0.1, 0.15) is 27.2 Å². The summed E-state index contributed by atoms with van der Waals surface area (Å²) in [6.07, 6.45) is 1.43. The lowest BCUT2D eigenvalue weighted by molar-refractivity contribution is -0.119. The molecular weight excluding hydrogens is 208 g/mol. The molecule has 0 saturated carbocycles. The van der Waals surface area contributed by atoms with Gasteiger partial charge in [-0.3, -0.25) is 9.59 Å². The highest BCUT2D eigenvalue weighted by Crippen LogP contribution is 2.27. The molecule has 0 amide bonds. The Morgan fingerprint density at radius 1 is 1.19 bits per heavy atom. The Bertz CT molecular complexity index is 388. The van der Waals surface area contributed by atoms with Crippen molar-refractivity contribution >= 4 is 11.6 Å². The normalized spacial score (nSPS) is 19.1. The monoisotopic (exact) mass is 224 g/mol. The minimum absolute atomic E-state index is 0.0266. The van der Waals surface area contributed by atoms with Gasteiger partial charge in [-0.25, -0.2) is 0 Å². The molecule has 1 aliphatic rings. The summed E-state index contributed by atoms with van der Waals surface area (Å²) < 4.78 is 0. The predicted octanol–water partition coefficient (Wildman–Crippen LogP) is 2.07. The number of carbonyl (C=O) groups is 2. The van der Waals surface area contributed by atoms with Crippen molar-refractivity contribution in [3.63, 3.8) is 0 Å². The van der Waals surface area contributed by atoms with Crippen LogP contribution < -0.4 is 0 Å². The molecule has 0 aliphatic heterocycles. The molecule has 0 aromatic heterocycles.